The van der Waals surface area contributed by atoms with Crippen LogP contribution in [-0.2, 0) is 9.53 Å². The zero-order valence-corrected chi connectivity index (χ0v) is 8.53. The van der Waals surface area contributed by atoms with Crippen LogP contribution < -0.4 is 4.74 Å². The lowest BCUT2D eigenvalue weighted by Crippen LogP contribution is -2.17. The Morgan fingerprint density at radius 3 is 3.07 bits per heavy atom. The molecular formula is C12H12O3. The molecular weight excluding hydrogens is 192 g/mol. The number of esters is 1. The summed E-state index contributed by atoms with van der Waals surface area (Å²) in [5.41, 5.74) is 1.49. The smallest absolute Gasteiger partial charge is 0.337 e. The minimum Gasteiger partial charge on any atom is -0.488 e. The molecule has 2 rings (SSSR count). The minimum absolute atomic E-state index is 0.288. The second kappa shape index (κ2) is 4.17. The number of carbonyl (C=O) groups is 1. The van der Waals surface area contributed by atoms with Gasteiger partial charge < -0.3 is 9.47 Å². The Kier molecular flexibility index (Phi) is 2.72. The summed E-state index contributed by atoms with van der Waals surface area (Å²) in [6, 6.07) is 7.61. The molecule has 78 valence electrons. The third-order valence-electron chi connectivity index (χ3n) is 2.17. The van der Waals surface area contributed by atoms with Gasteiger partial charge in [0.2, 0.25) is 0 Å². The average Bonchev–Trinajstić information content (AvgIpc) is 2.29. The Bertz CT molecular complexity index is 407. The highest BCUT2D eigenvalue weighted by Crippen LogP contribution is 2.25. The van der Waals surface area contributed by atoms with Gasteiger partial charge in [0, 0.05) is 5.56 Å². The number of para-hydroxylation sites is 1. The standard InChI is InChI=1S/C12H12O3/c1-2-14-12(13)10-7-9-5-3-4-6-11(9)15-8-10/h3-7H,2,8H2,1H3. The maximum absolute atomic E-state index is 11.4. The highest BCUT2D eigenvalue weighted by Gasteiger charge is 2.17. The summed E-state index contributed by atoms with van der Waals surface area (Å²) in [5, 5.41) is 0. The summed E-state index contributed by atoms with van der Waals surface area (Å²) in [7, 11) is 0. The Labute approximate surface area is 88.3 Å². The molecule has 1 heterocycles. The topological polar surface area (TPSA) is 35.5 Å². The van der Waals surface area contributed by atoms with E-state index >= 15 is 0 Å². The quantitative estimate of drug-likeness (QED) is 0.691. The van der Waals surface area contributed by atoms with Crippen molar-refractivity contribution in [2.75, 3.05) is 13.2 Å². The second-order valence-corrected chi connectivity index (χ2v) is 3.22. The van der Waals surface area contributed by atoms with Crippen LogP contribution >= 0.6 is 0 Å². The van der Waals surface area contributed by atoms with Crippen LogP contribution in [0.4, 0.5) is 0 Å². The average molecular weight is 204 g/mol. The molecule has 3 nitrogen and oxygen atoms in total. The Morgan fingerprint density at radius 2 is 2.27 bits per heavy atom. The van der Waals surface area contributed by atoms with Gasteiger partial charge >= 0.3 is 5.97 Å². The van der Waals surface area contributed by atoms with E-state index in [1.807, 2.05) is 30.3 Å². The second-order valence-electron chi connectivity index (χ2n) is 3.22. The minimum atomic E-state index is -0.299. The van der Waals surface area contributed by atoms with Crippen molar-refractivity contribution in [1.29, 1.82) is 0 Å². The maximum atomic E-state index is 11.4. The summed E-state index contributed by atoms with van der Waals surface area (Å²) in [6.45, 7) is 2.46. The molecule has 0 spiro atoms. The number of rotatable bonds is 2. The first kappa shape index (κ1) is 9.77. The van der Waals surface area contributed by atoms with Crippen molar-refractivity contribution in [3.8, 4) is 5.75 Å². The van der Waals surface area contributed by atoms with Gasteiger partial charge in [0.05, 0.1) is 12.2 Å². The predicted octanol–water partition coefficient (Wildman–Crippen LogP) is 2.03. The first-order valence-corrected chi connectivity index (χ1v) is 4.91. The molecule has 0 N–H and O–H groups in total. The highest BCUT2D eigenvalue weighted by molar-refractivity contribution is 5.95. The molecule has 0 aromatic heterocycles. The van der Waals surface area contributed by atoms with Gasteiger partial charge in [-0.05, 0) is 19.1 Å². The van der Waals surface area contributed by atoms with E-state index in [0.29, 0.717) is 12.2 Å². The molecule has 0 aliphatic carbocycles. The van der Waals surface area contributed by atoms with E-state index in [2.05, 4.69) is 0 Å². The van der Waals surface area contributed by atoms with Gasteiger partial charge in [-0.2, -0.15) is 0 Å². The predicted molar refractivity (Wildman–Crippen MR) is 56.5 cm³/mol. The first-order chi connectivity index (χ1) is 7.31. The Morgan fingerprint density at radius 1 is 1.47 bits per heavy atom. The van der Waals surface area contributed by atoms with Gasteiger partial charge in [-0.25, -0.2) is 4.79 Å². The maximum Gasteiger partial charge on any atom is 0.337 e. The number of carbonyl (C=O) groups excluding carboxylic acids is 1. The molecule has 1 aromatic rings. The molecule has 0 bridgehead atoms. The largest absolute Gasteiger partial charge is 0.488 e. The number of fused-ring (bicyclic) bond motifs is 1. The number of ether oxygens (including phenoxy) is 2. The summed E-state index contributed by atoms with van der Waals surface area (Å²) in [4.78, 5) is 11.4. The normalized spacial score (nSPS) is 13.5. The van der Waals surface area contributed by atoms with E-state index in [1.54, 1.807) is 6.92 Å². The van der Waals surface area contributed by atoms with Gasteiger partial charge in [0.1, 0.15) is 12.4 Å². The summed E-state index contributed by atoms with van der Waals surface area (Å²) in [6.07, 6.45) is 1.82. The van der Waals surface area contributed by atoms with Gasteiger partial charge in [-0.15, -0.1) is 0 Å². The van der Waals surface area contributed by atoms with Crippen LogP contribution in [-0.4, -0.2) is 19.2 Å². The van der Waals surface area contributed by atoms with Crippen molar-refractivity contribution >= 4 is 12.0 Å². The van der Waals surface area contributed by atoms with E-state index in [9.17, 15) is 4.79 Å². The summed E-state index contributed by atoms with van der Waals surface area (Å²) >= 11 is 0. The first-order valence-electron chi connectivity index (χ1n) is 4.91. The van der Waals surface area contributed by atoms with Crippen LogP contribution in [0.5, 0.6) is 5.75 Å². The number of benzene rings is 1. The number of hydrogen-bond acceptors (Lipinski definition) is 3. The molecule has 0 radical (unpaired) electrons. The van der Waals surface area contributed by atoms with Crippen LogP contribution in [0.3, 0.4) is 0 Å². The molecule has 0 unspecified atom stereocenters. The zero-order chi connectivity index (χ0) is 10.7. The summed E-state index contributed by atoms with van der Waals surface area (Å²) < 4.78 is 10.3. The molecule has 1 aromatic carbocycles. The molecule has 0 fully saturated rings. The fourth-order valence-electron chi connectivity index (χ4n) is 1.46. The molecule has 3 heteroatoms. The lowest BCUT2D eigenvalue weighted by atomic mass is 10.1. The fourth-order valence-corrected chi connectivity index (χ4v) is 1.46. The van der Waals surface area contributed by atoms with E-state index < -0.39 is 0 Å². The molecule has 0 saturated heterocycles. The SMILES string of the molecule is CCOC(=O)C1=Cc2ccccc2OC1. The molecule has 0 atom stereocenters. The molecule has 0 amide bonds. The molecule has 1 aliphatic heterocycles. The van der Waals surface area contributed by atoms with Crippen molar-refractivity contribution < 1.29 is 14.3 Å². The van der Waals surface area contributed by atoms with Crippen molar-refractivity contribution in [1.82, 2.24) is 0 Å². The van der Waals surface area contributed by atoms with Gasteiger partial charge in [-0.3, -0.25) is 0 Å². The highest BCUT2D eigenvalue weighted by atomic mass is 16.5. The van der Waals surface area contributed by atoms with E-state index in [-0.39, 0.29) is 12.6 Å². The van der Waals surface area contributed by atoms with Crippen molar-refractivity contribution in [3.05, 3.63) is 35.4 Å². The van der Waals surface area contributed by atoms with E-state index in [4.69, 9.17) is 9.47 Å². The number of hydrogen-bond donors (Lipinski definition) is 0. The van der Waals surface area contributed by atoms with Crippen molar-refractivity contribution in [3.63, 3.8) is 0 Å². The van der Waals surface area contributed by atoms with Crippen LogP contribution in [0.1, 0.15) is 12.5 Å². The third kappa shape index (κ3) is 2.01. The Hall–Kier alpha value is -1.77. The zero-order valence-electron chi connectivity index (χ0n) is 8.53. The molecule has 1 aliphatic rings. The lowest BCUT2D eigenvalue weighted by Gasteiger charge is -2.16. The van der Waals surface area contributed by atoms with Gasteiger partial charge in [0.25, 0.3) is 0 Å². The van der Waals surface area contributed by atoms with Crippen LogP contribution in [0, 0.1) is 0 Å². The van der Waals surface area contributed by atoms with Crippen molar-refractivity contribution in [2.24, 2.45) is 0 Å². The van der Waals surface area contributed by atoms with Crippen LogP contribution in [0.25, 0.3) is 6.08 Å². The van der Waals surface area contributed by atoms with Crippen molar-refractivity contribution in [2.45, 2.75) is 6.92 Å². The molecule has 0 saturated carbocycles. The van der Waals surface area contributed by atoms with Gasteiger partial charge in [-0.1, -0.05) is 18.2 Å². The third-order valence-corrected chi connectivity index (χ3v) is 2.17. The van der Waals surface area contributed by atoms with E-state index in [0.717, 1.165) is 11.3 Å². The van der Waals surface area contributed by atoms with Crippen LogP contribution in [0.15, 0.2) is 29.8 Å². The molecule has 15 heavy (non-hydrogen) atoms. The van der Waals surface area contributed by atoms with E-state index in [1.165, 1.54) is 0 Å². The summed E-state index contributed by atoms with van der Waals surface area (Å²) in [5.74, 6) is 0.512. The lowest BCUT2D eigenvalue weighted by molar-refractivity contribution is -0.138. The fraction of sp³-hybridized carbons (Fsp3) is 0.250. The van der Waals surface area contributed by atoms with Gasteiger partial charge in [0.15, 0.2) is 0 Å². The van der Waals surface area contributed by atoms with Crippen LogP contribution in [0.2, 0.25) is 0 Å². The Balaban J connectivity index is 2.25. The monoisotopic (exact) mass is 204 g/mol.